The van der Waals surface area contributed by atoms with Gasteiger partial charge in [0.15, 0.2) is 0 Å². The quantitative estimate of drug-likeness (QED) is 0.628. The predicted octanol–water partition coefficient (Wildman–Crippen LogP) is 3.36. The Balaban J connectivity index is 1.61. The number of pyridine rings is 1. The molecule has 2 amide bonds. The summed E-state index contributed by atoms with van der Waals surface area (Å²) in [5, 5.41) is 2.96. The third-order valence-corrected chi connectivity index (χ3v) is 4.65. The van der Waals surface area contributed by atoms with Gasteiger partial charge in [0.1, 0.15) is 12.4 Å². The molecule has 1 aromatic heterocycles. The van der Waals surface area contributed by atoms with E-state index in [0.29, 0.717) is 36.8 Å². The lowest BCUT2D eigenvalue weighted by atomic mass is 10.0. The fraction of sp³-hybridized carbons (Fsp3) is 0.350. The van der Waals surface area contributed by atoms with E-state index >= 15 is 0 Å². The van der Waals surface area contributed by atoms with Crippen LogP contribution in [0, 0.1) is 6.57 Å². The zero-order valence-electron chi connectivity index (χ0n) is 15.1. The number of rotatable bonds is 5. The van der Waals surface area contributed by atoms with E-state index in [-0.39, 0.29) is 12.1 Å². The van der Waals surface area contributed by atoms with E-state index in [2.05, 4.69) is 15.1 Å². The number of nitrogens with zero attached hydrogens (tertiary/aromatic N) is 3. The van der Waals surface area contributed by atoms with Crippen LogP contribution in [0.15, 0.2) is 42.7 Å². The lowest BCUT2D eigenvalue weighted by molar-refractivity contribution is 0.116. The van der Waals surface area contributed by atoms with Gasteiger partial charge in [-0.1, -0.05) is 6.07 Å². The van der Waals surface area contributed by atoms with Crippen molar-refractivity contribution in [3.05, 3.63) is 59.7 Å². The summed E-state index contributed by atoms with van der Waals surface area (Å²) in [5.74, 6) is 0.465. The summed E-state index contributed by atoms with van der Waals surface area (Å²) in [6.07, 6.45) is 6.32. The van der Waals surface area contributed by atoms with Gasteiger partial charge in [0.25, 0.3) is 0 Å². The van der Waals surface area contributed by atoms with Crippen LogP contribution in [0.3, 0.4) is 0 Å². The maximum atomic E-state index is 12.6. The molecule has 1 aromatic carbocycles. The van der Waals surface area contributed by atoms with Crippen molar-refractivity contribution in [1.82, 2.24) is 15.2 Å². The Hall–Kier alpha value is -3.27. The lowest BCUT2D eigenvalue weighted by Crippen LogP contribution is -2.50. The topological polar surface area (TPSA) is 84.8 Å². The SMILES string of the molecule is [C-]#[N+]c1c(N)cccc1OC[C@H]1CCCCN1C(=O)NCc1ccncc1. The van der Waals surface area contributed by atoms with Crippen LogP contribution in [-0.4, -0.2) is 35.1 Å². The van der Waals surface area contributed by atoms with Crippen LogP contribution in [0.2, 0.25) is 0 Å². The van der Waals surface area contributed by atoms with Crippen molar-refractivity contribution in [1.29, 1.82) is 0 Å². The zero-order chi connectivity index (χ0) is 19.1. The number of benzene rings is 1. The van der Waals surface area contributed by atoms with Crippen molar-refractivity contribution in [3.8, 4) is 5.75 Å². The molecule has 0 radical (unpaired) electrons. The number of carbonyl (C=O) groups is 1. The van der Waals surface area contributed by atoms with E-state index in [4.69, 9.17) is 17.0 Å². The normalized spacial score (nSPS) is 16.4. The minimum absolute atomic E-state index is 0.0313. The third kappa shape index (κ3) is 4.67. The monoisotopic (exact) mass is 365 g/mol. The second-order valence-electron chi connectivity index (χ2n) is 6.47. The average Bonchev–Trinajstić information content (AvgIpc) is 2.71. The molecule has 27 heavy (non-hydrogen) atoms. The van der Waals surface area contributed by atoms with Gasteiger partial charge in [-0.2, -0.15) is 0 Å². The van der Waals surface area contributed by atoms with Crippen LogP contribution in [0.5, 0.6) is 5.75 Å². The van der Waals surface area contributed by atoms with Crippen LogP contribution in [0.4, 0.5) is 16.2 Å². The van der Waals surface area contributed by atoms with E-state index in [0.717, 1.165) is 24.8 Å². The summed E-state index contributed by atoms with van der Waals surface area (Å²) in [7, 11) is 0. The molecule has 3 N–H and O–H groups in total. The summed E-state index contributed by atoms with van der Waals surface area (Å²) in [6, 6.07) is 8.81. The first-order valence-corrected chi connectivity index (χ1v) is 9.01. The fourth-order valence-corrected chi connectivity index (χ4v) is 3.18. The first-order chi connectivity index (χ1) is 13.2. The number of anilines is 1. The number of aromatic nitrogens is 1. The first kappa shape index (κ1) is 18.5. The molecular formula is C20H23N5O2. The molecule has 1 saturated heterocycles. The lowest BCUT2D eigenvalue weighted by Gasteiger charge is -2.35. The van der Waals surface area contributed by atoms with Crippen molar-refractivity contribution in [2.45, 2.75) is 31.8 Å². The molecule has 1 fully saturated rings. The molecule has 2 aromatic rings. The van der Waals surface area contributed by atoms with Gasteiger partial charge < -0.3 is 20.7 Å². The molecule has 0 unspecified atom stereocenters. The largest absolute Gasteiger partial charge is 0.502 e. The number of urea groups is 1. The van der Waals surface area contributed by atoms with Crippen molar-refractivity contribution in [3.63, 3.8) is 0 Å². The van der Waals surface area contributed by atoms with Gasteiger partial charge in [-0.3, -0.25) is 4.98 Å². The highest BCUT2D eigenvalue weighted by atomic mass is 16.5. The van der Waals surface area contributed by atoms with Crippen LogP contribution < -0.4 is 15.8 Å². The molecule has 0 aliphatic carbocycles. The number of nitrogens with one attached hydrogen (secondary N) is 1. The van der Waals surface area contributed by atoms with E-state index < -0.39 is 0 Å². The van der Waals surface area contributed by atoms with Crippen molar-refractivity contribution in [2.75, 3.05) is 18.9 Å². The summed E-state index contributed by atoms with van der Waals surface area (Å²) in [6.45, 7) is 8.78. The smallest absolute Gasteiger partial charge is 0.318 e. The van der Waals surface area contributed by atoms with E-state index in [1.54, 1.807) is 30.6 Å². The highest BCUT2D eigenvalue weighted by Gasteiger charge is 2.27. The summed E-state index contributed by atoms with van der Waals surface area (Å²) in [4.78, 5) is 21.9. The predicted molar refractivity (Wildman–Crippen MR) is 103 cm³/mol. The Morgan fingerprint density at radius 3 is 2.93 bits per heavy atom. The molecule has 7 heteroatoms. The molecule has 2 heterocycles. The molecule has 1 atom stereocenters. The first-order valence-electron chi connectivity index (χ1n) is 9.01. The average molecular weight is 365 g/mol. The van der Waals surface area contributed by atoms with Crippen molar-refractivity contribution in [2.24, 2.45) is 0 Å². The number of nitrogens with two attached hydrogens (primary N) is 1. The maximum Gasteiger partial charge on any atom is 0.318 e. The van der Waals surface area contributed by atoms with Gasteiger partial charge in [-0.05, 0) is 49.1 Å². The number of hydrogen-bond acceptors (Lipinski definition) is 4. The Bertz CT molecular complexity index is 819. The van der Waals surface area contributed by atoms with Crippen LogP contribution in [0.1, 0.15) is 24.8 Å². The van der Waals surface area contributed by atoms with Gasteiger partial charge in [-0.15, -0.1) is 0 Å². The molecular weight excluding hydrogens is 342 g/mol. The molecule has 0 bridgehead atoms. The minimum Gasteiger partial charge on any atom is -0.502 e. The molecule has 1 aliphatic rings. The number of carbonyl (C=O) groups excluding carboxylic acids is 1. The summed E-state index contributed by atoms with van der Waals surface area (Å²) in [5.41, 5.74) is 7.56. The Kier molecular flexibility index (Phi) is 6.10. The fourth-order valence-electron chi connectivity index (χ4n) is 3.18. The molecule has 7 nitrogen and oxygen atoms in total. The van der Waals surface area contributed by atoms with E-state index in [9.17, 15) is 4.79 Å². The summed E-state index contributed by atoms with van der Waals surface area (Å²) < 4.78 is 5.87. The highest BCUT2D eigenvalue weighted by Crippen LogP contribution is 2.34. The number of ether oxygens (including phenoxy) is 1. The Labute approximate surface area is 159 Å². The van der Waals surface area contributed by atoms with E-state index in [1.165, 1.54) is 0 Å². The second kappa shape index (κ2) is 8.90. The number of piperidine rings is 1. The standard InChI is InChI=1S/C20H23N5O2/c1-22-19-17(21)6-4-7-18(19)27-14-16-5-2-3-12-25(16)20(26)24-13-15-8-10-23-11-9-15/h4,6-11,16H,2-3,5,12-14,21H2,(H,24,26)/t16-/m1/s1. The minimum atomic E-state index is -0.0990. The highest BCUT2D eigenvalue weighted by molar-refractivity contribution is 5.75. The van der Waals surface area contributed by atoms with Gasteiger partial charge >= 0.3 is 6.03 Å². The molecule has 1 aliphatic heterocycles. The molecule has 140 valence electrons. The van der Waals surface area contributed by atoms with Crippen molar-refractivity contribution < 1.29 is 9.53 Å². The number of amides is 2. The Morgan fingerprint density at radius 1 is 1.33 bits per heavy atom. The number of likely N-dealkylation sites (tertiary alicyclic amines) is 1. The summed E-state index contributed by atoms with van der Waals surface area (Å²) >= 11 is 0. The van der Waals surface area contributed by atoms with E-state index in [1.807, 2.05) is 17.0 Å². The second-order valence-corrected chi connectivity index (χ2v) is 6.47. The zero-order valence-corrected chi connectivity index (χ0v) is 15.1. The Morgan fingerprint density at radius 2 is 2.15 bits per heavy atom. The molecule has 3 rings (SSSR count). The van der Waals surface area contributed by atoms with Crippen LogP contribution in [-0.2, 0) is 6.54 Å². The van der Waals surface area contributed by atoms with Gasteiger partial charge in [0.05, 0.1) is 12.6 Å². The number of hydrogen-bond donors (Lipinski definition) is 2. The van der Waals surface area contributed by atoms with Gasteiger partial charge in [0.2, 0.25) is 5.69 Å². The molecule has 0 saturated carbocycles. The van der Waals surface area contributed by atoms with Gasteiger partial charge in [0, 0.05) is 31.2 Å². The van der Waals surface area contributed by atoms with Crippen LogP contribution >= 0.6 is 0 Å². The third-order valence-electron chi connectivity index (χ3n) is 4.65. The van der Waals surface area contributed by atoms with Crippen LogP contribution in [0.25, 0.3) is 4.85 Å². The van der Waals surface area contributed by atoms with Crippen molar-refractivity contribution >= 4 is 17.4 Å². The van der Waals surface area contributed by atoms with Gasteiger partial charge in [-0.25, -0.2) is 9.64 Å². The molecule has 0 spiro atoms. The number of nitrogen functional groups attached to an aromatic ring is 1. The number of para-hydroxylation sites is 1. The maximum absolute atomic E-state index is 12.6.